The van der Waals surface area contributed by atoms with Crippen molar-refractivity contribution in [2.75, 3.05) is 26.3 Å². The van der Waals surface area contributed by atoms with Gasteiger partial charge in [0.15, 0.2) is 0 Å². The minimum Gasteiger partial charge on any atom is -0.380 e. The zero-order chi connectivity index (χ0) is 9.86. The van der Waals surface area contributed by atoms with Gasteiger partial charge in [0, 0.05) is 30.9 Å². The SMILES string of the molecule is CC1(CNCCn2cccn2)COC1. The lowest BCUT2D eigenvalue weighted by Crippen LogP contribution is -2.47. The van der Waals surface area contributed by atoms with Crippen LogP contribution in [-0.2, 0) is 11.3 Å². The van der Waals surface area contributed by atoms with Gasteiger partial charge in [-0.2, -0.15) is 5.10 Å². The first-order chi connectivity index (χ1) is 6.79. The highest BCUT2D eigenvalue weighted by Gasteiger charge is 2.32. The van der Waals surface area contributed by atoms with Gasteiger partial charge in [0.05, 0.1) is 19.8 Å². The van der Waals surface area contributed by atoms with E-state index in [1.807, 2.05) is 16.9 Å². The number of ether oxygens (including phenoxy) is 1. The number of nitrogens with zero attached hydrogens (tertiary/aromatic N) is 2. The van der Waals surface area contributed by atoms with Crippen LogP contribution in [0.4, 0.5) is 0 Å². The van der Waals surface area contributed by atoms with Crippen molar-refractivity contribution < 1.29 is 4.74 Å². The highest BCUT2D eigenvalue weighted by atomic mass is 16.5. The van der Waals surface area contributed by atoms with E-state index in [1.54, 1.807) is 6.20 Å². The van der Waals surface area contributed by atoms with Crippen LogP contribution < -0.4 is 5.32 Å². The van der Waals surface area contributed by atoms with Crippen molar-refractivity contribution in [3.8, 4) is 0 Å². The van der Waals surface area contributed by atoms with Crippen LogP contribution in [0.15, 0.2) is 18.5 Å². The molecule has 1 saturated heterocycles. The summed E-state index contributed by atoms with van der Waals surface area (Å²) in [5, 5.41) is 7.56. The van der Waals surface area contributed by atoms with Crippen LogP contribution in [0.5, 0.6) is 0 Å². The number of hydrogen-bond acceptors (Lipinski definition) is 3. The number of rotatable bonds is 5. The maximum Gasteiger partial charge on any atom is 0.0554 e. The van der Waals surface area contributed by atoms with Gasteiger partial charge in [-0.3, -0.25) is 4.68 Å². The highest BCUT2D eigenvalue weighted by Crippen LogP contribution is 2.24. The summed E-state index contributed by atoms with van der Waals surface area (Å²) in [6, 6.07) is 1.95. The molecule has 14 heavy (non-hydrogen) atoms. The molecule has 0 spiro atoms. The molecular weight excluding hydrogens is 178 g/mol. The Labute approximate surface area is 84.3 Å². The van der Waals surface area contributed by atoms with E-state index in [2.05, 4.69) is 17.3 Å². The van der Waals surface area contributed by atoms with Gasteiger partial charge in [0.2, 0.25) is 0 Å². The van der Waals surface area contributed by atoms with Crippen LogP contribution in [0.3, 0.4) is 0 Å². The van der Waals surface area contributed by atoms with Gasteiger partial charge in [-0.25, -0.2) is 0 Å². The lowest BCUT2D eigenvalue weighted by Gasteiger charge is -2.38. The Morgan fingerprint density at radius 3 is 3.00 bits per heavy atom. The fraction of sp³-hybridized carbons (Fsp3) is 0.700. The monoisotopic (exact) mass is 195 g/mol. The summed E-state index contributed by atoms with van der Waals surface area (Å²) >= 11 is 0. The van der Waals surface area contributed by atoms with Crippen molar-refractivity contribution in [1.82, 2.24) is 15.1 Å². The molecule has 0 atom stereocenters. The van der Waals surface area contributed by atoms with Gasteiger partial charge < -0.3 is 10.1 Å². The molecule has 0 amide bonds. The molecule has 0 unspecified atom stereocenters. The van der Waals surface area contributed by atoms with E-state index in [0.29, 0.717) is 5.41 Å². The predicted molar refractivity (Wildman–Crippen MR) is 54.0 cm³/mol. The molecule has 0 aromatic carbocycles. The van der Waals surface area contributed by atoms with Crippen LogP contribution in [0.25, 0.3) is 0 Å². The molecule has 0 radical (unpaired) electrons. The first-order valence-electron chi connectivity index (χ1n) is 5.04. The molecule has 0 saturated carbocycles. The average Bonchev–Trinajstić information content (AvgIpc) is 2.62. The molecule has 4 heteroatoms. The van der Waals surface area contributed by atoms with E-state index in [9.17, 15) is 0 Å². The Morgan fingerprint density at radius 1 is 1.57 bits per heavy atom. The summed E-state index contributed by atoms with van der Waals surface area (Å²) in [7, 11) is 0. The maximum atomic E-state index is 5.18. The van der Waals surface area contributed by atoms with E-state index in [4.69, 9.17) is 4.74 Å². The molecule has 1 fully saturated rings. The van der Waals surface area contributed by atoms with Crippen molar-refractivity contribution >= 4 is 0 Å². The average molecular weight is 195 g/mol. The number of aromatic nitrogens is 2. The van der Waals surface area contributed by atoms with Gasteiger partial charge in [0.25, 0.3) is 0 Å². The van der Waals surface area contributed by atoms with E-state index in [-0.39, 0.29) is 0 Å². The molecule has 78 valence electrons. The summed E-state index contributed by atoms with van der Waals surface area (Å²) < 4.78 is 7.12. The Balaban J connectivity index is 1.59. The van der Waals surface area contributed by atoms with Crippen molar-refractivity contribution in [3.63, 3.8) is 0 Å². The zero-order valence-corrected chi connectivity index (χ0v) is 8.57. The number of nitrogens with one attached hydrogen (secondary N) is 1. The lowest BCUT2D eigenvalue weighted by atomic mass is 9.89. The standard InChI is InChI=1S/C10H17N3O/c1-10(8-14-9-10)7-11-4-6-13-5-2-3-12-13/h2-3,5,11H,4,6-9H2,1H3. The van der Waals surface area contributed by atoms with Gasteiger partial charge in [0.1, 0.15) is 0 Å². The minimum atomic E-state index is 0.365. The topological polar surface area (TPSA) is 39.1 Å². The van der Waals surface area contributed by atoms with Crippen LogP contribution >= 0.6 is 0 Å². The fourth-order valence-electron chi connectivity index (χ4n) is 1.57. The molecule has 1 N–H and O–H groups in total. The summed E-state index contributed by atoms with van der Waals surface area (Å²) in [4.78, 5) is 0. The first-order valence-corrected chi connectivity index (χ1v) is 5.04. The Morgan fingerprint density at radius 2 is 2.43 bits per heavy atom. The Kier molecular flexibility index (Phi) is 2.84. The number of hydrogen-bond donors (Lipinski definition) is 1. The van der Waals surface area contributed by atoms with Gasteiger partial charge >= 0.3 is 0 Å². The van der Waals surface area contributed by atoms with E-state index < -0.39 is 0 Å². The van der Waals surface area contributed by atoms with Gasteiger partial charge in [-0.05, 0) is 6.07 Å². The molecule has 2 heterocycles. The largest absolute Gasteiger partial charge is 0.380 e. The molecule has 1 aliphatic heterocycles. The Bertz CT molecular complexity index is 267. The first kappa shape index (κ1) is 9.68. The van der Waals surface area contributed by atoms with Crippen LogP contribution in [0, 0.1) is 5.41 Å². The molecule has 0 aliphatic carbocycles. The molecule has 0 bridgehead atoms. The van der Waals surface area contributed by atoms with Gasteiger partial charge in [-0.15, -0.1) is 0 Å². The quantitative estimate of drug-likeness (QED) is 0.696. The second-order valence-corrected chi connectivity index (χ2v) is 4.25. The van der Waals surface area contributed by atoms with Crippen molar-refractivity contribution in [3.05, 3.63) is 18.5 Å². The van der Waals surface area contributed by atoms with Crippen molar-refractivity contribution in [1.29, 1.82) is 0 Å². The fourth-order valence-corrected chi connectivity index (χ4v) is 1.57. The summed E-state index contributed by atoms with van der Waals surface area (Å²) in [6.45, 7) is 6.97. The molecule has 1 aliphatic rings. The molecular formula is C10H17N3O. The van der Waals surface area contributed by atoms with Crippen LogP contribution in [0.1, 0.15) is 6.92 Å². The predicted octanol–water partition coefficient (Wildman–Crippen LogP) is 0.509. The van der Waals surface area contributed by atoms with Crippen LogP contribution in [-0.4, -0.2) is 36.1 Å². The van der Waals surface area contributed by atoms with Gasteiger partial charge in [-0.1, -0.05) is 6.92 Å². The third kappa shape index (κ3) is 2.33. The summed E-state index contributed by atoms with van der Waals surface area (Å²) in [5.41, 5.74) is 0.365. The lowest BCUT2D eigenvalue weighted by molar-refractivity contribution is -0.0989. The molecule has 1 aromatic heterocycles. The smallest absolute Gasteiger partial charge is 0.0554 e. The molecule has 1 aromatic rings. The van der Waals surface area contributed by atoms with E-state index in [1.165, 1.54) is 0 Å². The third-order valence-corrected chi connectivity index (χ3v) is 2.53. The summed E-state index contributed by atoms with van der Waals surface area (Å²) in [6.07, 6.45) is 3.79. The third-order valence-electron chi connectivity index (χ3n) is 2.53. The van der Waals surface area contributed by atoms with E-state index in [0.717, 1.165) is 32.8 Å². The normalized spacial score (nSPS) is 19.2. The zero-order valence-electron chi connectivity index (χ0n) is 8.57. The van der Waals surface area contributed by atoms with Crippen molar-refractivity contribution in [2.45, 2.75) is 13.5 Å². The molecule has 4 nitrogen and oxygen atoms in total. The second kappa shape index (κ2) is 4.11. The maximum absolute atomic E-state index is 5.18. The second-order valence-electron chi connectivity index (χ2n) is 4.25. The van der Waals surface area contributed by atoms with Crippen molar-refractivity contribution in [2.24, 2.45) is 5.41 Å². The summed E-state index contributed by atoms with van der Waals surface area (Å²) in [5.74, 6) is 0. The highest BCUT2D eigenvalue weighted by molar-refractivity contribution is 4.83. The Hall–Kier alpha value is -0.870. The molecule has 2 rings (SSSR count). The minimum absolute atomic E-state index is 0.365. The van der Waals surface area contributed by atoms with E-state index >= 15 is 0 Å². The van der Waals surface area contributed by atoms with Crippen LogP contribution in [0.2, 0.25) is 0 Å².